The molecule has 4 aromatic carbocycles. The van der Waals surface area contributed by atoms with Crippen LogP contribution in [0.5, 0.6) is 5.75 Å². The minimum absolute atomic E-state index is 0.0308. The molecule has 0 aliphatic heterocycles. The quantitative estimate of drug-likeness (QED) is 0.0658. The van der Waals surface area contributed by atoms with E-state index in [0.717, 1.165) is 11.3 Å². The molecule has 268 valence electrons. The van der Waals surface area contributed by atoms with Gasteiger partial charge in [0, 0.05) is 21.8 Å². The van der Waals surface area contributed by atoms with E-state index in [4.69, 9.17) is 4.74 Å². The predicted octanol–water partition coefficient (Wildman–Crippen LogP) is 8.50. The molecule has 0 saturated heterocycles. The number of carbonyl (C=O) groups is 4. The molecular formula is C41H37N5O5S2. The zero-order valence-corrected chi connectivity index (χ0v) is 30.9. The highest BCUT2D eigenvalue weighted by Gasteiger charge is 2.25. The number of amides is 4. The summed E-state index contributed by atoms with van der Waals surface area (Å²) in [5, 5.41) is 21.0. The summed E-state index contributed by atoms with van der Waals surface area (Å²) >= 11 is 2.35. The molecule has 0 saturated carbocycles. The first kappa shape index (κ1) is 38.1. The van der Waals surface area contributed by atoms with Crippen LogP contribution in [0.1, 0.15) is 57.0 Å². The van der Waals surface area contributed by atoms with E-state index in [1.165, 1.54) is 11.8 Å². The molecule has 12 heteroatoms. The van der Waals surface area contributed by atoms with Crippen LogP contribution >= 0.6 is 23.1 Å². The van der Waals surface area contributed by atoms with E-state index in [2.05, 4.69) is 27.3 Å². The lowest BCUT2D eigenvalue weighted by atomic mass is 10.1. The number of anilines is 3. The lowest BCUT2D eigenvalue weighted by molar-refractivity contribution is -0.116. The summed E-state index contributed by atoms with van der Waals surface area (Å²) in [5.41, 5.74) is 2.90. The van der Waals surface area contributed by atoms with Crippen molar-refractivity contribution < 1.29 is 23.9 Å². The lowest BCUT2D eigenvalue weighted by Crippen LogP contribution is -2.30. The van der Waals surface area contributed by atoms with Gasteiger partial charge in [0.1, 0.15) is 22.5 Å². The van der Waals surface area contributed by atoms with Gasteiger partial charge in [0.25, 0.3) is 17.7 Å². The molecule has 10 nitrogen and oxygen atoms in total. The summed E-state index contributed by atoms with van der Waals surface area (Å²) in [6, 6.07) is 33.9. The van der Waals surface area contributed by atoms with Crippen molar-refractivity contribution in [3.05, 3.63) is 142 Å². The number of hydrogen-bond donors (Lipinski definition) is 4. The summed E-state index contributed by atoms with van der Waals surface area (Å²) < 4.78 is 5.52. The van der Waals surface area contributed by atoms with Gasteiger partial charge in [-0.25, -0.2) is 0 Å². The Kier molecular flexibility index (Phi) is 13.2. The summed E-state index contributed by atoms with van der Waals surface area (Å²) in [7, 11) is 0. The van der Waals surface area contributed by atoms with Crippen molar-refractivity contribution in [1.29, 1.82) is 5.26 Å². The maximum atomic E-state index is 13.7. The average molecular weight is 744 g/mol. The Morgan fingerprint density at radius 2 is 1.51 bits per heavy atom. The second-order valence-corrected chi connectivity index (χ2v) is 13.9. The van der Waals surface area contributed by atoms with Gasteiger partial charge in [-0.3, -0.25) is 19.2 Å². The largest absolute Gasteiger partial charge is 0.494 e. The molecule has 1 heterocycles. The number of rotatable bonds is 14. The number of nitriles is 1. The molecular weight excluding hydrogens is 707 g/mol. The van der Waals surface area contributed by atoms with Gasteiger partial charge in [-0.2, -0.15) is 5.26 Å². The maximum absolute atomic E-state index is 13.7. The van der Waals surface area contributed by atoms with E-state index in [9.17, 15) is 24.4 Å². The van der Waals surface area contributed by atoms with E-state index in [1.54, 1.807) is 110 Å². The molecule has 5 aromatic rings. The highest BCUT2D eigenvalue weighted by Crippen LogP contribution is 2.35. The Morgan fingerprint density at radius 3 is 2.17 bits per heavy atom. The molecule has 1 atom stereocenters. The molecule has 53 heavy (non-hydrogen) atoms. The number of thioether (sulfide) groups is 1. The highest BCUT2D eigenvalue weighted by molar-refractivity contribution is 8.00. The fraction of sp³-hybridized carbons (Fsp3) is 0.146. The maximum Gasteiger partial charge on any atom is 0.272 e. The van der Waals surface area contributed by atoms with Crippen molar-refractivity contribution in [2.75, 3.05) is 22.6 Å². The second-order valence-electron chi connectivity index (χ2n) is 11.6. The molecule has 4 N–H and O–H groups in total. The van der Waals surface area contributed by atoms with Crippen LogP contribution in [0, 0.1) is 18.3 Å². The van der Waals surface area contributed by atoms with Crippen molar-refractivity contribution in [2.24, 2.45) is 0 Å². The lowest BCUT2D eigenvalue weighted by Gasteiger charge is -2.15. The Labute approximate surface area is 316 Å². The fourth-order valence-corrected chi connectivity index (χ4v) is 7.19. The molecule has 0 fully saturated rings. The zero-order valence-electron chi connectivity index (χ0n) is 29.3. The van der Waals surface area contributed by atoms with Gasteiger partial charge in [-0.1, -0.05) is 61.5 Å². The third-order valence-corrected chi connectivity index (χ3v) is 10.4. The van der Waals surface area contributed by atoms with E-state index in [-0.39, 0.29) is 23.1 Å². The number of nitrogens with one attached hydrogen (secondary N) is 4. The van der Waals surface area contributed by atoms with Gasteiger partial charge in [0.15, 0.2) is 0 Å². The normalized spacial score (nSPS) is 11.5. The minimum atomic E-state index is -0.559. The first-order chi connectivity index (χ1) is 25.7. The minimum Gasteiger partial charge on any atom is -0.494 e. The predicted molar refractivity (Wildman–Crippen MR) is 211 cm³/mol. The van der Waals surface area contributed by atoms with Crippen LogP contribution in [0.15, 0.2) is 120 Å². The third kappa shape index (κ3) is 10.2. The Hall–Kier alpha value is -6.16. The topological polar surface area (TPSA) is 149 Å². The van der Waals surface area contributed by atoms with Crippen molar-refractivity contribution in [1.82, 2.24) is 5.32 Å². The fourth-order valence-electron chi connectivity index (χ4n) is 5.12. The molecule has 0 bridgehead atoms. The molecule has 0 radical (unpaired) electrons. The van der Waals surface area contributed by atoms with Crippen molar-refractivity contribution in [2.45, 2.75) is 37.3 Å². The van der Waals surface area contributed by atoms with Gasteiger partial charge < -0.3 is 26.0 Å². The second kappa shape index (κ2) is 18.4. The van der Waals surface area contributed by atoms with Crippen molar-refractivity contribution in [3.8, 4) is 11.8 Å². The number of ether oxygens (including phenoxy) is 1. The van der Waals surface area contributed by atoms with E-state index >= 15 is 0 Å². The van der Waals surface area contributed by atoms with Crippen LogP contribution in [0.25, 0.3) is 6.08 Å². The van der Waals surface area contributed by atoms with Crippen LogP contribution in [-0.2, 0) is 9.59 Å². The summed E-state index contributed by atoms with van der Waals surface area (Å²) in [5.74, 6) is -0.996. The molecule has 5 rings (SSSR count). The molecule has 0 aliphatic carbocycles. The Morgan fingerprint density at radius 1 is 0.830 bits per heavy atom. The van der Waals surface area contributed by atoms with Gasteiger partial charge in [0.05, 0.1) is 22.3 Å². The van der Waals surface area contributed by atoms with Crippen LogP contribution in [0.3, 0.4) is 0 Å². The standard InChI is InChI=1S/C41H37N5O5S2/c1-4-35(39(49)46-41-33(25-42)26(3)36(53-41)40(50)43-29-15-10-7-11-16-29)52-32-18-12-17-30(24-32)44-38(48)34(45-37(47)28-13-8-6-9-14-28)23-27-19-21-31(22-20-27)51-5-2/h6-24,35H,4-5H2,1-3H3,(H,43,50)(H,44,48)(H,45,47)(H,46,49)/b34-23+. The first-order valence-corrected chi connectivity index (χ1v) is 18.5. The van der Waals surface area contributed by atoms with Gasteiger partial charge >= 0.3 is 0 Å². The Bertz CT molecular complexity index is 2160. The van der Waals surface area contributed by atoms with E-state index in [1.807, 2.05) is 26.0 Å². The van der Waals surface area contributed by atoms with Crippen LogP contribution in [0.4, 0.5) is 16.4 Å². The smallest absolute Gasteiger partial charge is 0.272 e. The molecule has 4 amide bonds. The SMILES string of the molecule is CCOc1ccc(/C=C(/NC(=O)c2ccccc2)C(=O)Nc2cccc(SC(CC)C(=O)Nc3sc(C(=O)Nc4ccccc4)c(C)c3C#N)c2)cc1. The van der Waals surface area contributed by atoms with Gasteiger partial charge in [-0.15, -0.1) is 23.1 Å². The highest BCUT2D eigenvalue weighted by atomic mass is 32.2. The third-order valence-electron chi connectivity index (χ3n) is 7.80. The number of benzene rings is 4. The van der Waals surface area contributed by atoms with Gasteiger partial charge in [0.2, 0.25) is 5.91 Å². The number of thiophene rings is 1. The van der Waals surface area contributed by atoms with Crippen LogP contribution in [0.2, 0.25) is 0 Å². The number of nitrogens with zero attached hydrogens (tertiary/aromatic N) is 1. The molecule has 1 aromatic heterocycles. The number of hydrogen-bond acceptors (Lipinski definition) is 8. The van der Waals surface area contributed by atoms with E-state index in [0.29, 0.717) is 61.6 Å². The first-order valence-electron chi connectivity index (χ1n) is 16.8. The summed E-state index contributed by atoms with van der Waals surface area (Å²) in [4.78, 5) is 54.4. The summed E-state index contributed by atoms with van der Waals surface area (Å²) in [6.45, 7) is 5.97. The van der Waals surface area contributed by atoms with Crippen LogP contribution in [-0.4, -0.2) is 35.5 Å². The van der Waals surface area contributed by atoms with E-state index < -0.39 is 17.1 Å². The average Bonchev–Trinajstić information content (AvgIpc) is 3.49. The molecule has 1 unspecified atom stereocenters. The van der Waals surface area contributed by atoms with Gasteiger partial charge in [-0.05, 0) is 92.1 Å². The van der Waals surface area contributed by atoms with Crippen molar-refractivity contribution >= 4 is 69.2 Å². The molecule has 0 spiro atoms. The van der Waals surface area contributed by atoms with Crippen molar-refractivity contribution in [3.63, 3.8) is 0 Å². The Balaban J connectivity index is 1.30. The van der Waals surface area contributed by atoms with Crippen LogP contribution < -0.4 is 26.0 Å². The zero-order chi connectivity index (χ0) is 37.7. The number of para-hydroxylation sites is 1. The number of carbonyl (C=O) groups excluding carboxylic acids is 4. The summed E-state index contributed by atoms with van der Waals surface area (Å²) in [6.07, 6.45) is 2.04. The molecule has 0 aliphatic rings. The monoisotopic (exact) mass is 743 g/mol.